The van der Waals surface area contributed by atoms with Crippen LogP contribution in [0.15, 0.2) is 72.1 Å². The van der Waals surface area contributed by atoms with E-state index in [1.165, 1.54) is 16.2 Å². The molecule has 4 rings (SSSR count). The first kappa shape index (κ1) is 30.2. The summed E-state index contributed by atoms with van der Waals surface area (Å²) in [5.74, 6) is 0.355. The number of carbonyl (C=O) groups is 3. The molecule has 1 saturated heterocycles. The Balaban J connectivity index is 0.000000547. The summed E-state index contributed by atoms with van der Waals surface area (Å²) in [6.45, 7) is 1.09. The van der Waals surface area contributed by atoms with Crippen LogP contribution in [0.4, 0.5) is 0 Å². The second-order valence-electron chi connectivity index (χ2n) is 9.06. The average Bonchev–Trinajstić information content (AvgIpc) is 3.65. The fourth-order valence-electron chi connectivity index (χ4n) is 3.98. The molecule has 3 aromatic rings. The van der Waals surface area contributed by atoms with E-state index in [1.807, 2.05) is 36.4 Å². The monoisotopic (exact) mass is 565 g/mol. The van der Waals surface area contributed by atoms with Crippen LogP contribution in [0.3, 0.4) is 0 Å². The van der Waals surface area contributed by atoms with Gasteiger partial charge in [-0.25, -0.2) is 0 Å². The molecule has 1 fully saturated rings. The van der Waals surface area contributed by atoms with Gasteiger partial charge in [-0.2, -0.15) is 0 Å². The number of nitrogens with zero attached hydrogens (tertiary/aromatic N) is 1. The number of amidine groups is 1. The zero-order valence-electron chi connectivity index (χ0n) is 22.2. The lowest BCUT2D eigenvalue weighted by molar-refractivity contribution is -0.138. The summed E-state index contributed by atoms with van der Waals surface area (Å²) < 4.78 is 5.56. The standard InChI is InChI=1S/C23H29N5O4S.C6H6O/c24-22(25)16-12-18(33-15-16)13-27-23(31)19-8-4-10-28(19)21(30)14-26-20(29)9-5-11-32-17-6-2-1-3-7-17;7-6-4-2-1-3-5-6/h1-3,6-7,12,15,19H,4-5,8-11,13-14H2,(H3,24,25)(H,26,29)(H,27,31);1-5,7H. The minimum absolute atomic E-state index is 0.0119. The number of thiophene rings is 1. The number of nitrogen functional groups attached to an aromatic ring is 1. The van der Waals surface area contributed by atoms with Gasteiger partial charge in [0.1, 0.15) is 23.4 Å². The van der Waals surface area contributed by atoms with Crippen molar-refractivity contribution in [2.24, 2.45) is 5.73 Å². The van der Waals surface area contributed by atoms with E-state index < -0.39 is 6.04 Å². The van der Waals surface area contributed by atoms with Crippen LogP contribution in [0, 0.1) is 5.41 Å². The highest BCUT2D eigenvalue weighted by Crippen LogP contribution is 2.19. The number of para-hydroxylation sites is 2. The number of likely N-dealkylation sites (tertiary alicyclic amines) is 1. The first-order valence-corrected chi connectivity index (χ1v) is 13.9. The fourth-order valence-corrected chi connectivity index (χ4v) is 4.80. The molecule has 40 heavy (non-hydrogen) atoms. The first-order chi connectivity index (χ1) is 19.3. The summed E-state index contributed by atoms with van der Waals surface area (Å²) in [6, 6.07) is 19.3. The largest absolute Gasteiger partial charge is 0.508 e. The lowest BCUT2D eigenvalue weighted by Gasteiger charge is -2.24. The lowest BCUT2D eigenvalue weighted by atomic mass is 10.2. The number of hydrogen-bond acceptors (Lipinski definition) is 7. The van der Waals surface area contributed by atoms with Crippen LogP contribution in [0.5, 0.6) is 11.5 Å². The van der Waals surface area contributed by atoms with E-state index in [-0.39, 0.29) is 36.5 Å². The molecule has 10 nitrogen and oxygen atoms in total. The Hall–Kier alpha value is -4.38. The number of nitrogens with two attached hydrogens (primary N) is 1. The van der Waals surface area contributed by atoms with Gasteiger partial charge < -0.3 is 31.1 Å². The van der Waals surface area contributed by atoms with Crippen LogP contribution in [0.1, 0.15) is 36.1 Å². The summed E-state index contributed by atoms with van der Waals surface area (Å²) in [6.07, 6.45) is 2.12. The molecule has 1 aromatic heterocycles. The highest BCUT2D eigenvalue weighted by molar-refractivity contribution is 7.10. The normalized spacial score (nSPS) is 14.0. The van der Waals surface area contributed by atoms with Gasteiger partial charge in [0.15, 0.2) is 0 Å². The third-order valence-corrected chi connectivity index (χ3v) is 6.97. The summed E-state index contributed by atoms with van der Waals surface area (Å²) in [4.78, 5) is 39.7. The maximum atomic E-state index is 12.6. The predicted octanol–water partition coefficient (Wildman–Crippen LogP) is 3.01. The molecule has 1 atom stereocenters. The van der Waals surface area contributed by atoms with Gasteiger partial charge in [0.2, 0.25) is 17.7 Å². The lowest BCUT2D eigenvalue weighted by Crippen LogP contribution is -2.48. The van der Waals surface area contributed by atoms with Crippen molar-refractivity contribution in [2.45, 2.75) is 38.3 Å². The molecule has 2 aromatic carbocycles. The van der Waals surface area contributed by atoms with Gasteiger partial charge in [-0.05, 0) is 49.6 Å². The van der Waals surface area contributed by atoms with Crippen LogP contribution >= 0.6 is 11.3 Å². The molecule has 0 saturated carbocycles. The quantitative estimate of drug-likeness (QED) is 0.137. The molecule has 0 spiro atoms. The average molecular weight is 566 g/mol. The summed E-state index contributed by atoms with van der Waals surface area (Å²) in [5.41, 5.74) is 6.09. The molecular formula is C29H35N5O5S. The van der Waals surface area contributed by atoms with E-state index in [4.69, 9.17) is 21.0 Å². The minimum Gasteiger partial charge on any atom is -0.508 e. The summed E-state index contributed by atoms with van der Waals surface area (Å²) in [7, 11) is 0. The van der Waals surface area contributed by atoms with E-state index in [2.05, 4.69) is 10.6 Å². The Kier molecular flexibility index (Phi) is 12.0. The topological polar surface area (TPSA) is 158 Å². The maximum absolute atomic E-state index is 12.6. The second kappa shape index (κ2) is 15.9. The van der Waals surface area contributed by atoms with Gasteiger partial charge in [-0.3, -0.25) is 19.8 Å². The van der Waals surface area contributed by atoms with E-state index in [0.717, 1.165) is 17.0 Å². The molecule has 1 aliphatic heterocycles. The molecule has 0 bridgehead atoms. The molecule has 0 radical (unpaired) electrons. The molecule has 1 unspecified atom stereocenters. The third kappa shape index (κ3) is 10.1. The third-order valence-electron chi connectivity index (χ3n) is 6.03. The van der Waals surface area contributed by atoms with Crippen LogP contribution in [-0.2, 0) is 20.9 Å². The molecule has 11 heteroatoms. The van der Waals surface area contributed by atoms with Crippen LogP contribution in [0.25, 0.3) is 0 Å². The van der Waals surface area contributed by atoms with Crippen molar-refractivity contribution in [3.63, 3.8) is 0 Å². The minimum atomic E-state index is -0.541. The zero-order valence-corrected chi connectivity index (χ0v) is 23.0. The Bertz CT molecular complexity index is 1250. The molecule has 3 amide bonds. The zero-order chi connectivity index (χ0) is 28.7. The fraction of sp³-hybridized carbons (Fsp3) is 0.310. The highest BCUT2D eigenvalue weighted by Gasteiger charge is 2.33. The van der Waals surface area contributed by atoms with Crippen molar-refractivity contribution in [3.05, 3.63) is 82.6 Å². The van der Waals surface area contributed by atoms with Gasteiger partial charge >= 0.3 is 0 Å². The van der Waals surface area contributed by atoms with Crippen LogP contribution in [0.2, 0.25) is 0 Å². The number of phenols is 1. The van der Waals surface area contributed by atoms with Crippen molar-refractivity contribution in [1.29, 1.82) is 5.41 Å². The Labute approximate surface area is 237 Å². The molecule has 2 heterocycles. The van der Waals surface area contributed by atoms with E-state index in [0.29, 0.717) is 43.9 Å². The van der Waals surface area contributed by atoms with E-state index in [9.17, 15) is 14.4 Å². The van der Waals surface area contributed by atoms with Crippen LogP contribution < -0.4 is 21.1 Å². The molecule has 0 aliphatic carbocycles. The Morgan fingerprint density at radius 2 is 1.77 bits per heavy atom. The van der Waals surface area contributed by atoms with Gasteiger partial charge in [0, 0.05) is 28.8 Å². The van der Waals surface area contributed by atoms with Crippen molar-refractivity contribution >= 4 is 34.9 Å². The van der Waals surface area contributed by atoms with Crippen molar-refractivity contribution < 1.29 is 24.2 Å². The second-order valence-corrected chi connectivity index (χ2v) is 10.1. The molecular weight excluding hydrogens is 530 g/mol. The highest BCUT2D eigenvalue weighted by atomic mass is 32.1. The number of benzene rings is 2. The number of hydrogen-bond donors (Lipinski definition) is 5. The number of carbonyl (C=O) groups excluding carboxylic acids is 3. The number of rotatable bonds is 11. The summed E-state index contributed by atoms with van der Waals surface area (Å²) in [5, 5.41) is 23.3. The predicted molar refractivity (Wildman–Crippen MR) is 154 cm³/mol. The van der Waals surface area contributed by atoms with Crippen LogP contribution in [-0.4, -0.2) is 59.3 Å². The van der Waals surface area contributed by atoms with Crippen molar-refractivity contribution in [2.75, 3.05) is 19.7 Å². The SMILES string of the molecule is N=C(N)c1csc(CNC(=O)C2CCCN2C(=O)CNC(=O)CCCOc2ccccc2)c1.Oc1ccccc1. The number of phenolic OH excluding ortho intramolecular Hbond substituents is 1. The van der Waals surface area contributed by atoms with Crippen molar-refractivity contribution in [1.82, 2.24) is 15.5 Å². The number of amides is 3. The van der Waals surface area contributed by atoms with E-state index >= 15 is 0 Å². The van der Waals surface area contributed by atoms with E-state index in [1.54, 1.807) is 35.7 Å². The molecule has 1 aliphatic rings. The first-order valence-electron chi connectivity index (χ1n) is 13.0. The van der Waals surface area contributed by atoms with Gasteiger partial charge in [0.05, 0.1) is 19.7 Å². The van der Waals surface area contributed by atoms with Gasteiger partial charge in [0.25, 0.3) is 0 Å². The van der Waals surface area contributed by atoms with Gasteiger partial charge in [-0.15, -0.1) is 11.3 Å². The van der Waals surface area contributed by atoms with Gasteiger partial charge in [-0.1, -0.05) is 36.4 Å². The Morgan fingerprint density at radius 1 is 1.07 bits per heavy atom. The Morgan fingerprint density at radius 3 is 2.40 bits per heavy atom. The smallest absolute Gasteiger partial charge is 0.243 e. The number of aromatic hydroxyl groups is 1. The molecule has 212 valence electrons. The number of ether oxygens (including phenoxy) is 1. The number of nitrogens with one attached hydrogen (secondary N) is 3. The summed E-state index contributed by atoms with van der Waals surface area (Å²) >= 11 is 1.41. The molecule has 6 N–H and O–H groups in total. The van der Waals surface area contributed by atoms with Crippen molar-refractivity contribution in [3.8, 4) is 11.5 Å². The maximum Gasteiger partial charge on any atom is 0.243 e.